The fourth-order valence-corrected chi connectivity index (χ4v) is 4.26. The van der Waals surface area contributed by atoms with E-state index in [1.54, 1.807) is 11.8 Å². The van der Waals surface area contributed by atoms with Crippen molar-refractivity contribution >= 4 is 34.7 Å². The van der Waals surface area contributed by atoms with Crippen LogP contribution in [-0.4, -0.2) is 11.7 Å². The highest BCUT2D eigenvalue weighted by molar-refractivity contribution is 8.00. The molecule has 0 saturated carbocycles. The molecular weight excluding hydrogens is 469 g/mol. The van der Waals surface area contributed by atoms with E-state index in [0.717, 1.165) is 22.6 Å². The lowest BCUT2D eigenvalue weighted by Gasteiger charge is -2.23. The first-order chi connectivity index (χ1) is 12.7. The minimum absolute atomic E-state index is 0. The monoisotopic (exact) mass is 489 g/mol. The molecule has 1 N–H and O–H groups in total. The molecular formula is C21H20IN3OS. The first-order valence-electron chi connectivity index (χ1n) is 8.52. The van der Waals surface area contributed by atoms with Gasteiger partial charge in [-0.2, -0.15) is 0 Å². The summed E-state index contributed by atoms with van der Waals surface area (Å²) in [6.07, 6.45) is 4.08. The van der Waals surface area contributed by atoms with Gasteiger partial charge in [-0.15, -0.1) is 11.8 Å². The number of aromatic nitrogens is 1. The molecule has 3 aromatic rings. The van der Waals surface area contributed by atoms with Crippen LogP contribution >= 0.6 is 11.8 Å². The summed E-state index contributed by atoms with van der Waals surface area (Å²) in [5.41, 5.74) is 4.11. The number of amides is 1. The molecule has 2 heterocycles. The summed E-state index contributed by atoms with van der Waals surface area (Å²) < 4.78 is 2.02. The Morgan fingerprint density at radius 2 is 1.70 bits per heavy atom. The van der Waals surface area contributed by atoms with Crippen LogP contribution in [0.3, 0.4) is 0 Å². The van der Waals surface area contributed by atoms with Gasteiger partial charge in [-0.3, -0.25) is 9.69 Å². The summed E-state index contributed by atoms with van der Waals surface area (Å²) >= 11 is 1.67. The molecule has 0 radical (unpaired) electrons. The van der Waals surface area contributed by atoms with E-state index in [1.807, 2.05) is 83.4 Å². The Hall–Kier alpha value is -2.06. The van der Waals surface area contributed by atoms with Gasteiger partial charge in [-0.1, -0.05) is 18.2 Å². The molecule has 4 nitrogen and oxygen atoms in total. The molecule has 1 saturated heterocycles. The Morgan fingerprint density at radius 1 is 1.00 bits per heavy atom. The van der Waals surface area contributed by atoms with Crippen molar-refractivity contribution in [2.24, 2.45) is 7.05 Å². The van der Waals surface area contributed by atoms with Crippen molar-refractivity contribution in [3.8, 4) is 0 Å². The number of rotatable bonds is 4. The van der Waals surface area contributed by atoms with Gasteiger partial charge in [-0.05, 0) is 42.5 Å². The highest BCUT2D eigenvalue weighted by Gasteiger charge is 2.35. The number of nitrogens with zero attached hydrogens (tertiary/aromatic N) is 2. The Kier molecular flexibility index (Phi) is 6.38. The highest BCUT2D eigenvalue weighted by atomic mass is 127. The molecule has 1 fully saturated rings. The van der Waals surface area contributed by atoms with E-state index in [0.29, 0.717) is 5.75 Å². The molecule has 2 aromatic carbocycles. The van der Waals surface area contributed by atoms with Gasteiger partial charge < -0.3 is 29.3 Å². The zero-order valence-electron chi connectivity index (χ0n) is 14.9. The first-order valence-corrected chi connectivity index (χ1v) is 9.56. The fraction of sp³-hybridized carbons (Fsp3) is 0.143. The maximum Gasteiger partial charge on any atom is 0.238 e. The third-order valence-electron chi connectivity index (χ3n) is 4.32. The summed E-state index contributed by atoms with van der Waals surface area (Å²) in [5, 5.41) is 3.39. The number of thioether (sulfide) groups is 1. The van der Waals surface area contributed by atoms with Gasteiger partial charge in [0.2, 0.25) is 5.91 Å². The molecule has 1 amide bonds. The van der Waals surface area contributed by atoms with Gasteiger partial charge in [0.25, 0.3) is 0 Å². The van der Waals surface area contributed by atoms with Crippen LogP contribution in [0.15, 0.2) is 79.1 Å². The normalized spacial score (nSPS) is 16.1. The van der Waals surface area contributed by atoms with Crippen LogP contribution in [0.25, 0.3) is 0 Å². The topological polar surface area (TPSA) is 36.2 Å². The van der Waals surface area contributed by atoms with Crippen molar-refractivity contribution in [1.29, 1.82) is 0 Å². The molecule has 0 spiro atoms. The van der Waals surface area contributed by atoms with Crippen LogP contribution in [0.1, 0.15) is 10.9 Å². The summed E-state index contributed by atoms with van der Waals surface area (Å²) in [4.78, 5) is 14.4. The molecule has 6 heteroatoms. The number of pyridine rings is 1. The molecule has 1 aromatic heterocycles. The smallest absolute Gasteiger partial charge is 0.238 e. The zero-order valence-corrected chi connectivity index (χ0v) is 17.9. The van der Waals surface area contributed by atoms with Crippen molar-refractivity contribution < 1.29 is 33.3 Å². The molecule has 0 bridgehead atoms. The van der Waals surface area contributed by atoms with Crippen molar-refractivity contribution in [3.63, 3.8) is 0 Å². The number of benzene rings is 2. The lowest BCUT2D eigenvalue weighted by Crippen LogP contribution is -3.00. The molecule has 1 atom stereocenters. The van der Waals surface area contributed by atoms with Crippen LogP contribution in [0.2, 0.25) is 0 Å². The predicted molar refractivity (Wildman–Crippen MR) is 106 cm³/mol. The standard InChI is InChI=1S/C21H20N3OS.HI/c1-23-13-5-6-16(14-23)21-24(20(25)15-26-21)19-11-9-18(10-12-19)22-17-7-3-2-4-8-17;/h2-14,21-22H,15H2,1H3;1H/q+1;/p-1. The van der Waals surface area contributed by atoms with E-state index in [2.05, 4.69) is 17.6 Å². The van der Waals surface area contributed by atoms with Crippen LogP contribution < -0.4 is 38.8 Å². The van der Waals surface area contributed by atoms with E-state index in [9.17, 15) is 4.79 Å². The van der Waals surface area contributed by atoms with Gasteiger partial charge in [0.1, 0.15) is 12.4 Å². The van der Waals surface area contributed by atoms with Gasteiger partial charge >= 0.3 is 0 Å². The lowest BCUT2D eigenvalue weighted by atomic mass is 10.2. The summed E-state index contributed by atoms with van der Waals surface area (Å²) in [6.45, 7) is 0. The quantitative estimate of drug-likeness (QED) is 0.440. The van der Waals surface area contributed by atoms with Gasteiger partial charge in [0, 0.05) is 28.7 Å². The van der Waals surface area contributed by atoms with E-state index in [-0.39, 0.29) is 35.3 Å². The number of anilines is 3. The van der Waals surface area contributed by atoms with Crippen molar-refractivity contribution in [2.75, 3.05) is 16.0 Å². The van der Waals surface area contributed by atoms with Crippen LogP contribution in [0, 0.1) is 0 Å². The van der Waals surface area contributed by atoms with E-state index >= 15 is 0 Å². The molecule has 0 aliphatic carbocycles. The number of para-hydroxylation sites is 1. The highest BCUT2D eigenvalue weighted by Crippen LogP contribution is 2.41. The molecule has 1 unspecified atom stereocenters. The molecule has 27 heavy (non-hydrogen) atoms. The maximum absolute atomic E-state index is 12.5. The number of carbonyl (C=O) groups excluding carboxylic acids is 1. The summed E-state index contributed by atoms with van der Waals surface area (Å²) in [5.74, 6) is 0.656. The minimum Gasteiger partial charge on any atom is -1.00 e. The number of hydrogen-bond acceptors (Lipinski definition) is 3. The Bertz CT molecular complexity index is 918. The Balaban J connectivity index is 0.00000210. The average molecular weight is 489 g/mol. The maximum atomic E-state index is 12.5. The molecule has 1 aliphatic heterocycles. The molecule has 1 aliphatic rings. The largest absolute Gasteiger partial charge is 1.00 e. The van der Waals surface area contributed by atoms with E-state index in [1.165, 1.54) is 0 Å². The van der Waals surface area contributed by atoms with Crippen LogP contribution in [0.5, 0.6) is 0 Å². The van der Waals surface area contributed by atoms with Crippen LogP contribution in [0.4, 0.5) is 17.1 Å². The number of hydrogen-bond donors (Lipinski definition) is 1. The fourth-order valence-electron chi connectivity index (χ4n) is 3.10. The van der Waals surface area contributed by atoms with E-state index in [4.69, 9.17) is 0 Å². The second kappa shape index (κ2) is 8.75. The number of nitrogens with one attached hydrogen (secondary N) is 1. The number of aryl methyl sites for hydroxylation is 1. The third kappa shape index (κ3) is 4.44. The van der Waals surface area contributed by atoms with Gasteiger partial charge in [0.05, 0.1) is 5.75 Å². The van der Waals surface area contributed by atoms with Crippen molar-refractivity contribution in [3.05, 3.63) is 84.7 Å². The second-order valence-corrected chi connectivity index (χ2v) is 7.34. The first kappa shape index (κ1) is 19.7. The zero-order chi connectivity index (χ0) is 17.9. The van der Waals surface area contributed by atoms with E-state index < -0.39 is 0 Å². The minimum atomic E-state index is 0. The second-order valence-electron chi connectivity index (χ2n) is 6.27. The van der Waals surface area contributed by atoms with Crippen LogP contribution in [-0.2, 0) is 11.8 Å². The SMILES string of the molecule is C[n+]1cccc(C2SCC(=O)N2c2ccc(Nc3ccccc3)cc2)c1.[I-]. The Labute approximate surface area is 180 Å². The van der Waals surface area contributed by atoms with Gasteiger partial charge in [-0.25, -0.2) is 4.57 Å². The average Bonchev–Trinajstić information content (AvgIpc) is 3.05. The van der Waals surface area contributed by atoms with Gasteiger partial charge in [0.15, 0.2) is 12.4 Å². The lowest BCUT2D eigenvalue weighted by molar-refractivity contribution is -0.671. The third-order valence-corrected chi connectivity index (χ3v) is 5.54. The Morgan fingerprint density at radius 3 is 2.41 bits per heavy atom. The molecule has 4 rings (SSSR count). The number of carbonyl (C=O) groups is 1. The predicted octanol–water partition coefficient (Wildman–Crippen LogP) is 1.04. The molecule has 138 valence electrons. The number of halogens is 1. The van der Waals surface area contributed by atoms with Crippen molar-refractivity contribution in [2.45, 2.75) is 5.37 Å². The van der Waals surface area contributed by atoms with Crippen molar-refractivity contribution in [1.82, 2.24) is 0 Å². The summed E-state index contributed by atoms with van der Waals surface area (Å²) in [6, 6.07) is 22.2. The summed E-state index contributed by atoms with van der Waals surface area (Å²) in [7, 11) is 2.00.